The number of pyridine rings is 1. The first-order valence-electron chi connectivity index (χ1n) is 13.6. The molecule has 0 unspecified atom stereocenters. The maximum atomic E-state index is 11.8. The number of carboxylic acids is 1. The molecule has 0 radical (unpaired) electrons. The molecule has 7 heteroatoms. The Kier molecular flexibility index (Phi) is 9.20. The Morgan fingerprint density at radius 3 is 2.64 bits per heavy atom. The molecule has 1 saturated heterocycles. The fraction of sp³-hybridized carbons (Fsp3) is 0.655. The molecule has 0 bridgehead atoms. The van der Waals surface area contributed by atoms with E-state index in [1.54, 1.807) is 13.3 Å². The Hall–Kier alpha value is -2.22. The predicted octanol–water partition coefficient (Wildman–Crippen LogP) is 5.08. The minimum Gasteiger partial charge on any atom is -0.497 e. The molecule has 0 spiro atoms. The third-order valence-electron chi connectivity index (χ3n) is 8.67. The van der Waals surface area contributed by atoms with E-state index in [4.69, 9.17) is 4.74 Å². The number of carboxylic acid groups (broad SMARTS) is 1. The van der Waals surface area contributed by atoms with Gasteiger partial charge in [-0.25, -0.2) is 0 Å². The lowest BCUT2D eigenvalue weighted by molar-refractivity contribution is -0.141. The molecule has 2 fully saturated rings. The smallest absolute Gasteiger partial charge is 0.303 e. The molecular weight excluding hydrogens is 456 g/mol. The van der Waals surface area contributed by atoms with Gasteiger partial charge in [0.25, 0.3) is 0 Å². The average Bonchev–Trinajstić information content (AvgIpc) is 2.90. The number of nitrogens with zero attached hydrogens (tertiary/aromatic N) is 2. The van der Waals surface area contributed by atoms with Crippen LogP contribution in [0, 0.1) is 11.3 Å². The number of benzene rings is 1. The van der Waals surface area contributed by atoms with E-state index in [0.29, 0.717) is 29.7 Å². The van der Waals surface area contributed by atoms with Crippen molar-refractivity contribution in [2.75, 3.05) is 26.7 Å². The molecule has 2 aromatic rings. The fourth-order valence-electron chi connectivity index (χ4n) is 6.40. The second kappa shape index (κ2) is 12.3. The number of likely N-dealkylation sites (tertiary alicyclic amines) is 1. The first kappa shape index (κ1) is 26.8. The molecule has 1 aromatic heterocycles. The summed E-state index contributed by atoms with van der Waals surface area (Å²) < 4.78 is 5.37. The normalized spacial score (nSPS) is 19.9. The first-order valence-corrected chi connectivity index (χ1v) is 13.6. The number of carbonyl (C=O) groups is 1. The van der Waals surface area contributed by atoms with Gasteiger partial charge in [-0.1, -0.05) is 32.1 Å². The van der Waals surface area contributed by atoms with Gasteiger partial charge in [-0.05, 0) is 86.8 Å². The van der Waals surface area contributed by atoms with Crippen LogP contribution in [-0.2, 0) is 11.4 Å². The van der Waals surface area contributed by atoms with Crippen molar-refractivity contribution >= 4 is 16.9 Å². The summed E-state index contributed by atoms with van der Waals surface area (Å²) in [7, 11) is 1.60. The summed E-state index contributed by atoms with van der Waals surface area (Å²) >= 11 is 0. The third kappa shape index (κ3) is 6.55. The Labute approximate surface area is 214 Å². The molecule has 1 aliphatic carbocycles. The van der Waals surface area contributed by atoms with Crippen LogP contribution in [0.4, 0.5) is 0 Å². The maximum Gasteiger partial charge on any atom is 0.303 e. The van der Waals surface area contributed by atoms with Crippen molar-refractivity contribution in [3.8, 4) is 5.75 Å². The van der Waals surface area contributed by atoms with Crippen LogP contribution >= 0.6 is 0 Å². The standard InChI is InChI=1S/C29H42N2O5/c1-36-23-7-8-25-24(17-23)28(22(20-32)19-30-25)26(33)9-11-29(18-27(34)35)12-15-31(16-13-29)14-10-21-5-3-2-4-6-21/h7-8,17,19,21,26,32-33H,2-6,9-16,18,20H2,1H3,(H,34,35)/t26-/m0/s1. The number of aromatic nitrogens is 1. The summed E-state index contributed by atoms with van der Waals surface area (Å²) in [5.74, 6) is 0.750. The Bertz CT molecular complexity index is 1010. The molecule has 3 N–H and O–H groups in total. The predicted molar refractivity (Wildman–Crippen MR) is 140 cm³/mol. The molecule has 4 rings (SSSR count). The SMILES string of the molecule is COc1ccc2ncc(CO)c([C@@H](O)CCC3(CC(=O)O)CCN(CCC4CCCCC4)CC3)c2c1. The third-order valence-corrected chi connectivity index (χ3v) is 8.67. The number of methoxy groups -OCH3 is 1. The van der Waals surface area contributed by atoms with Crippen molar-refractivity contribution in [3.63, 3.8) is 0 Å². The van der Waals surface area contributed by atoms with Gasteiger partial charge in [-0.2, -0.15) is 0 Å². The van der Waals surface area contributed by atoms with E-state index in [1.165, 1.54) is 38.5 Å². The molecule has 198 valence electrons. The van der Waals surface area contributed by atoms with Crippen LogP contribution in [0.2, 0.25) is 0 Å². The minimum absolute atomic E-state index is 0.133. The Morgan fingerprint density at radius 2 is 1.97 bits per heavy atom. The number of hydrogen-bond acceptors (Lipinski definition) is 6. The van der Waals surface area contributed by atoms with Crippen LogP contribution in [0.15, 0.2) is 24.4 Å². The summed E-state index contributed by atoms with van der Waals surface area (Å²) in [6.45, 7) is 2.74. The summed E-state index contributed by atoms with van der Waals surface area (Å²) in [4.78, 5) is 18.8. The van der Waals surface area contributed by atoms with Gasteiger partial charge in [-0.15, -0.1) is 0 Å². The molecule has 0 amide bonds. The van der Waals surface area contributed by atoms with Gasteiger partial charge in [0.15, 0.2) is 0 Å². The first-order chi connectivity index (χ1) is 17.4. The number of piperidine rings is 1. The zero-order chi connectivity index (χ0) is 25.5. The zero-order valence-corrected chi connectivity index (χ0v) is 21.6. The van der Waals surface area contributed by atoms with Crippen LogP contribution < -0.4 is 4.74 Å². The van der Waals surface area contributed by atoms with Gasteiger partial charge < -0.3 is 25.0 Å². The van der Waals surface area contributed by atoms with Crippen molar-refractivity contribution < 1.29 is 24.9 Å². The largest absolute Gasteiger partial charge is 0.497 e. The average molecular weight is 499 g/mol. The van der Waals surface area contributed by atoms with Gasteiger partial charge in [0.1, 0.15) is 5.75 Å². The molecule has 36 heavy (non-hydrogen) atoms. The van der Waals surface area contributed by atoms with Gasteiger partial charge in [0.2, 0.25) is 0 Å². The lowest BCUT2D eigenvalue weighted by Gasteiger charge is -2.42. The zero-order valence-electron chi connectivity index (χ0n) is 21.6. The highest BCUT2D eigenvalue weighted by molar-refractivity contribution is 5.85. The second-order valence-corrected chi connectivity index (χ2v) is 11.0. The van der Waals surface area contributed by atoms with E-state index < -0.39 is 12.1 Å². The van der Waals surface area contributed by atoms with Gasteiger partial charge in [-0.3, -0.25) is 9.78 Å². The number of aliphatic carboxylic acids is 1. The fourth-order valence-corrected chi connectivity index (χ4v) is 6.40. The highest BCUT2D eigenvalue weighted by Crippen LogP contribution is 2.42. The lowest BCUT2D eigenvalue weighted by atomic mass is 9.71. The number of rotatable bonds is 11. The van der Waals surface area contributed by atoms with E-state index in [2.05, 4.69) is 9.88 Å². The molecule has 7 nitrogen and oxygen atoms in total. The Balaban J connectivity index is 1.43. The Morgan fingerprint density at radius 1 is 1.22 bits per heavy atom. The van der Waals surface area contributed by atoms with Crippen molar-refractivity contribution in [2.45, 2.75) is 83.3 Å². The molecule has 1 aliphatic heterocycles. The molecule has 2 aliphatic rings. The monoisotopic (exact) mass is 498 g/mol. The van der Waals surface area contributed by atoms with Crippen LogP contribution in [-0.4, -0.2) is 57.9 Å². The van der Waals surface area contributed by atoms with E-state index in [1.807, 2.05) is 18.2 Å². The van der Waals surface area contributed by atoms with Crippen LogP contribution in [0.3, 0.4) is 0 Å². The molecular formula is C29H42N2O5. The van der Waals surface area contributed by atoms with Crippen LogP contribution in [0.5, 0.6) is 5.75 Å². The quantitative estimate of drug-likeness (QED) is 0.397. The molecule has 1 atom stereocenters. The molecule has 1 aromatic carbocycles. The van der Waals surface area contributed by atoms with Gasteiger partial charge in [0, 0.05) is 17.1 Å². The summed E-state index contributed by atoms with van der Waals surface area (Å²) in [5, 5.41) is 31.7. The second-order valence-electron chi connectivity index (χ2n) is 11.0. The number of aliphatic hydroxyl groups is 2. The summed E-state index contributed by atoms with van der Waals surface area (Å²) in [5.41, 5.74) is 1.67. The topological polar surface area (TPSA) is 103 Å². The van der Waals surface area contributed by atoms with E-state index in [0.717, 1.165) is 49.3 Å². The maximum absolute atomic E-state index is 11.8. The van der Waals surface area contributed by atoms with Gasteiger partial charge in [0.05, 0.1) is 31.8 Å². The lowest BCUT2D eigenvalue weighted by Crippen LogP contribution is -2.42. The van der Waals surface area contributed by atoms with E-state index in [9.17, 15) is 20.1 Å². The highest BCUT2D eigenvalue weighted by Gasteiger charge is 2.37. The molecule has 2 heterocycles. The minimum atomic E-state index is -0.820. The number of hydrogen-bond donors (Lipinski definition) is 3. The number of fused-ring (bicyclic) bond motifs is 1. The summed E-state index contributed by atoms with van der Waals surface area (Å²) in [6, 6.07) is 5.52. The number of ether oxygens (including phenoxy) is 1. The van der Waals surface area contributed by atoms with Crippen molar-refractivity contribution in [1.82, 2.24) is 9.88 Å². The summed E-state index contributed by atoms with van der Waals surface area (Å²) in [6.07, 6.45) is 11.8. The van der Waals surface area contributed by atoms with Crippen LogP contribution in [0.25, 0.3) is 10.9 Å². The van der Waals surface area contributed by atoms with Crippen LogP contribution in [0.1, 0.15) is 87.9 Å². The van der Waals surface area contributed by atoms with Crippen molar-refractivity contribution in [3.05, 3.63) is 35.5 Å². The van der Waals surface area contributed by atoms with Crippen molar-refractivity contribution in [2.24, 2.45) is 11.3 Å². The molecule has 1 saturated carbocycles. The number of aliphatic hydroxyl groups excluding tert-OH is 2. The van der Waals surface area contributed by atoms with Gasteiger partial charge >= 0.3 is 5.97 Å². The van der Waals surface area contributed by atoms with E-state index >= 15 is 0 Å². The van der Waals surface area contributed by atoms with E-state index in [-0.39, 0.29) is 18.4 Å². The highest BCUT2D eigenvalue weighted by atomic mass is 16.5. The van der Waals surface area contributed by atoms with Crippen molar-refractivity contribution in [1.29, 1.82) is 0 Å².